The van der Waals surface area contributed by atoms with Gasteiger partial charge in [-0.25, -0.2) is 13.7 Å². The van der Waals surface area contributed by atoms with E-state index in [0.29, 0.717) is 24.4 Å². The Morgan fingerprint density at radius 1 is 1.03 bits per heavy atom. The lowest BCUT2D eigenvalue weighted by Crippen LogP contribution is -2.48. The van der Waals surface area contributed by atoms with Crippen LogP contribution in [0.5, 0.6) is 5.75 Å². The average Bonchev–Trinajstić information content (AvgIpc) is 2.93. The van der Waals surface area contributed by atoms with Crippen molar-refractivity contribution in [1.29, 1.82) is 0 Å². The van der Waals surface area contributed by atoms with Crippen LogP contribution < -0.4 is 19.5 Å². The van der Waals surface area contributed by atoms with Crippen molar-refractivity contribution in [3.63, 3.8) is 0 Å². The number of ether oxygens (including phenoxy) is 1. The Bertz CT molecular complexity index is 1140. The third kappa shape index (κ3) is 6.78. The lowest BCUT2D eigenvalue weighted by Gasteiger charge is -2.41. The maximum absolute atomic E-state index is 13.0. The normalized spacial score (nSPS) is 20.4. The molecule has 1 aromatic heterocycles. The van der Waals surface area contributed by atoms with E-state index in [9.17, 15) is 9.00 Å². The number of aromatic nitrogens is 1. The van der Waals surface area contributed by atoms with Gasteiger partial charge in [0.05, 0.1) is 12.7 Å². The molecule has 0 bridgehead atoms. The Morgan fingerprint density at radius 2 is 1.72 bits per heavy atom. The monoisotopic (exact) mass is 506 g/mol. The number of para-hydroxylation sites is 1. The molecule has 1 aliphatic carbocycles. The molecule has 0 spiro atoms. The van der Waals surface area contributed by atoms with Gasteiger partial charge in [-0.1, -0.05) is 42.5 Å². The van der Waals surface area contributed by atoms with Crippen molar-refractivity contribution >= 4 is 17.1 Å². The molecule has 3 N–H and O–H groups in total. The van der Waals surface area contributed by atoms with Gasteiger partial charge in [-0.05, 0) is 67.5 Å². The van der Waals surface area contributed by atoms with Gasteiger partial charge in [0, 0.05) is 36.9 Å². The van der Waals surface area contributed by atoms with Gasteiger partial charge in [0.25, 0.3) is 5.91 Å². The summed E-state index contributed by atoms with van der Waals surface area (Å²) in [5.41, 5.74) is 2.75. The summed E-state index contributed by atoms with van der Waals surface area (Å²) in [4.78, 5) is 17.0. The largest absolute Gasteiger partial charge is 0.496 e. The molecule has 1 aliphatic rings. The summed E-state index contributed by atoms with van der Waals surface area (Å²) in [6, 6.07) is 21.7. The molecule has 1 atom stereocenters. The van der Waals surface area contributed by atoms with E-state index < -0.39 is 11.2 Å². The van der Waals surface area contributed by atoms with Gasteiger partial charge in [0.1, 0.15) is 5.75 Å². The van der Waals surface area contributed by atoms with E-state index in [1.54, 1.807) is 31.6 Å². The first-order valence-electron chi connectivity index (χ1n) is 12.4. The number of hydrogen-bond donors (Lipinski definition) is 3. The highest BCUT2D eigenvalue weighted by Gasteiger charge is 2.37. The molecule has 1 saturated carbocycles. The second-order valence-corrected chi connectivity index (χ2v) is 10.3. The molecule has 3 aromatic rings. The van der Waals surface area contributed by atoms with Crippen LogP contribution in [-0.2, 0) is 23.0 Å². The van der Waals surface area contributed by atoms with Crippen LogP contribution in [0.2, 0.25) is 0 Å². The fraction of sp³-hybridized carbons (Fsp3) is 0.357. The van der Waals surface area contributed by atoms with Crippen molar-refractivity contribution in [3.05, 3.63) is 95.8 Å². The van der Waals surface area contributed by atoms with Gasteiger partial charge in [0.2, 0.25) is 0 Å². The van der Waals surface area contributed by atoms with Crippen LogP contribution in [0.1, 0.15) is 47.2 Å². The zero-order valence-corrected chi connectivity index (χ0v) is 21.4. The second kappa shape index (κ2) is 12.8. The minimum atomic E-state index is -1.30. The molecule has 36 heavy (non-hydrogen) atoms. The van der Waals surface area contributed by atoms with Crippen molar-refractivity contribution in [2.75, 3.05) is 20.2 Å². The maximum Gasteiger partial charge on any atom is 0.255 e. The van der Waals surface area contributed by atoms with Gasteiger partial charge in [0.15, 0.2) is 11.2 Å². The molecule has 1 fully saturated rings. The van der Waals surface area contributed by atoms with Crippen molar-refractivity contribution in [2.45, 2.75) is 43.6 Å². The summed E-state index contributed by atoms with van der Waals surface area (Å²) in [6.45, 7) is 1.16. The third-order valence-corrected chi connectivity index (χ3v) is 7.95. The van der Waals surface area contributed by atoms with Crippen LogP contribution in [0.4, 0.5) is 0 Å². The molecule has 190 valence electrons. The highest BCUT2D eigenvalue weighted by Crippen LogP contribution is 2.39. The number of nitrogens with zero attached hydrogens (tertiary/aromatic N) is 1. The standard InChI is InChI=1S/C28H34N4O3S/c1-35-26-10-6-5-9-25(26)27(33)30-21-28(23-7-3-2-4-8-23)16-11-24(12-17-28)32-36(34)31-20-15-22-13-18-29-19-14-22/h2-10,13-14,18-19,24,31-32H,11-12,15-17,20-21H2,1H3,(H,30,33). The number of nitrogens with one attached hydrogen (secondary N) is 3. The number of pyridine rings is 1. The average molecular weight is 507 g/mol. The maximum atomic E-state index is 13.0. The molecule has 1 amide bonds. The van der Waals surface area contributed by atoms with Gasteiger partial charge in [-0.2, -0.15) is 0 Å². The van der Waals surface area contributed by atoms with E-state index in [4.69, 9.17) is 4.74 Å². The Kier molecular flexibility index (Phi) is 9.22. The Labute approximate surface area is 215 Å². The van der Waals surface area contributed by atoms with Crippen molar-refractivity contribution < 1.29 is 13.7 Å². The Hall–Kier alpha value is -3.07. The first-order chi connectivity index (χ1) is 17.6. The number of amides is 1. The lowest BCUT2D eigenvalue weighted by atomic mass is 9.68. The minimum absolute atomic E-state index is 0.137. The van der Waals surface area contributed by atoms with E-state index in [-0.39, 0.29) is 17.4 Å². The van der Waals surface area contributed by atoms with Crippen LogP contribution >= 0.6 is 0 Å². The highest BCUT2D eigenvalue weighted by molar-refractivity contribution is 7.81. The molecule has 4 rings (SSSR count). The first kappa shape index (κ1) is 26.0. The van der Waals surface area contributed by atoms with Crippen LogP contribution in [-0.4, -0.2) is 41.3 Å². The van der Waals surface area contributed by atoms with Crippen LogP contribution in [0, 0.1) is 0 Å². The van der Waals surface area contributed by atoms with Crippen LogP contribution in [0.25, 0.3) is 0 Å². The molecule has 7 nitrogen and oxygen atoms in total. The number of hydrogen-bond acceptors (Lipinski definition) is 4. The zero-order valence-electron chi connectivity index (χ0n) is 20.6. The van der Waals surface area contributed by atoms with Crippen LogP contribution in [0.3, 0.4) is 0 Å². The van der Waals surface area contributed by atoms with Gasteiger partial charge < -0.3 is 10.1 Å². The quantitative estimate of drug-likeness (QED) is 0.370. The Balaban J connectivity index is 1.34. The summed E-state index contributed by atoms with van der Waals surface area (Å²) >= 11 is -1.30. The van der Waals surface area contributed by atoms with Crippen molar-refractivity contribution in [1.82, 2.24) is 19.7 Å². The first-order valence-corrected chi connectivity index (χ1v) is 13.5. The molecule has 8 heteroatoms. The topological polar surface area (TPSA) is 92.4 Å². The number of methoxy groups -OCH3 is 1. The molecule has 1 unspecified atom stereocenters. The van der Waals surface area contributed by atoms with E-state index in [0.717, 1.165) is 37.7 Å². The third-order valence-electron chi connectivity index (χ3n) is 6.94. The smallest absolute Gasteiger partial charge is 0.255 e. The van der Waals surface area contributed by atoms with Gasteiger partial charge >= 0.3 is 0 Å². The SMILES string of the molecule is COc1ccccc1C(=O)NCC1(c2ccccc2)CCC(NS(=O)NCCc2ccncc2)CC1. The summed E-state index contributed by atoms with van der Waals surface area (Å²) in [5.74, 6) is 0.429. The molecule has 0 saturated heterocycles. The zero-order chi connectivity index (χ0) is 25.2. The van der Waals surface area contributed by atoms with Crippen molar-refractivity contribution in [3.8, 4) is 5.75 Å². The lowest BCUT2D eigenvalue weighted by molar-refractivity contribution is 0.0932. The van der Waals surface area contributed by atoms with E-state index in [1.807, 2.05) is 42.5 Å². The molecular weight excluding hydrogens is 472 g/mol. The molecular formula is C28H34N4O3S. The number of benzene rings is 2. The molecule has 0 radical (unpaired) electrons. The molecule has 2 aromatic carbocycles. The molecule has 1 heterocycles. The van der Waals surface area contributed by atoms with E-state index >= 15 is 0 Å². The summed E-state index contributed by atoms with van der Waals surface area (Å²) in [6.07, 6.45) is 7.84. The summed E-state index contributed by atoms with van der Waals surface area (Å²) < 4.78 is 24.3. The molecule has 0 aliphatic heterocycles. The second-order valence-electron chi connectivity index (χ2n) is 9.19. The summed E-state index contributed by atoms with van der Waals surface area (Å²) in [5, 5.41) is 3.17. The van der Waals surface area contributed by atoms with Gasteiger partial charge in [-0.3, -0.25) is 9.78 Å². The summed E-state index contributed by atoms with van der Waals surface area (Å²) in [7, 11) is 1.57. The van der Waals surface area contributed by atoms with E-state index in [1.165, 1.54) is 5.56 Å². The highest BCUT2D eigenvalue weighted by atomic mass is 32.2. The fourth-order valence-corrected chi connectivity index (χ4v) is 5.76. The van der Waals surface area contributed by atoms with Crippen molar-refractivity contribution in [2.24, 2.45) is 0 Å². The Morgan fingerprint density at radius 3 is 2.44 bits per heavy atom. The van der Waals surface area contributed by atoms with E-state index in [2.05, 4.69) is 31.9 Å². The number of rotatable bonds is 11. The van der Waals surface area contributed by atoms with Crippen LogP contribution in [0.15, 0.2) is 79.1 Å². The predicted molar refractivity (Wildman–Crippen MR) is 143 cm³/mol. The fourth-order valence-electron chi connectivity index (χ4n) is 4.85. The number of carbonyl (C=O) groups excluding carboxylic acids is 1. The number of carbonyl (C=O) groups is 1. The predicted octanol–water partition coefficient (Wildman–Crippen LogP) is 3.70. The minimum Gasteiger partial charge on any atom is -0.496 e. The van der Waals surface area contributed by atoms with Gasteiger partial charge in [-0.15, -0.1) is 0 Å².